The molecule has 8 nitrogen and oxygen atoms in total. The molecule has 0 radical (unpaired) electrons. The summed E-state index contributed by atoms with van der Waals surface area (Å²) in [5.41, 5.74) is 1.04. The zero-order valence-corrected chi connectivity index (χ0v) is 13.5. The molecule has 1 amide bonds. The van der Waals surface area contributed by atoms with Gasteiger partial charge in [-0.15, -0.1) is 0 Å². The Morgan fingerprint density at radius 1 is 1.33 bits per heavy atom. The Morgan fingerprint density at radius 2 is 2.12 bits per heavy atom. The van der Waals surface area contributed by atoms with Gasteiger partial charge in [0.1, 0.15) is 11.9 Å². The molecule has 1 saturated heterocycles. The van der Waals surface area contributed by atoms with E-state index >= 15 is 0 Å². The third-order valence-electron chi connectivity index (χ3n) is 4.17. The number of aromatic nitrogens is 4. The SMILES string of the molecule is CCn1cc(NC(=O)C2CCN(c3cnc(C#N)cn3)CC2)cn1. The van der Waals surface area contributed by atoms with Gasteiger partial charge >= 0.3 is 0 Å². The Labute approximate surface area is 140 Å². The average molecular weight is 325 g/mol. The predicted molar refractivity (Wildman–Crippen MR) is 88.2 cm³/mol. The van der Waals surface area contributed by atoms with Crippen LogP contribution in [0.25, 0.3) is 0 Å². The number of piperidine rings is 1. The van der Waals surface area contributed by atoms with E-state index in [-0.39, 0.29) is 11.8 Å². The number of nitrogens with zero attached hydrogens (tertiary/aromatic N) is 6. The molecule has 0 atom stereocenters. The normalized spacial score (nSPS) is 15.1. The van der Waals surface area contributed by atoms with Crippen LogP contribution in [0.4, 0.5) is 11.5 Å². The smallest absolute Gasteiger partial charge is 0.227 e. The average Bonchev–Trinajstić information content (AvgIpc) is 3.09. The Bertz CT molecular complexity index is 739. The number of amides is 1. The molecule has 0 bridgehead atoms. The molecule has 2 aromatic heterocycles. The van der Waals surface area contributed by atoms with Gasteiger partial charge in [-0.1, -0.05) is 0 Å². The lowest BCUT2D eigenvalue weighted by Crippen LogP contribution is -2.38. The lowest BCUT2D eigenvalue weighted by Gasteiger charge is -2.31. The molecule has 1 N–H and O–H groups in total. The standard InChI is InChI=1S/C16H19N7O/c1-2-23-11-14(9-20-23)21-16(24)12-3-5-22(6-4-12)15-10-18-13(7-17)8-19-15/h8-12H,2-6H2,1H3,(H,21,24). The Kier molecular flexibility index (Phi) is 4.70. The van der Waals surface area contributed by atoms with Crippen molar-refractivity contribution in [2.75, 3.05) is 23.3 Å². The monoisotopic (exact) mass is 325 g/mol. The summed E-state index contributed by atoms with van der Waals surface area (Å²) >= 11 is 0. The summed E-state index contributed by atoms with van der Waals surface area (Å²) in [6.07, 6.45) is 8.10. The van der Waals surface area contributed by atoms with Gasteiger partial charge in [-0.25, -0.2) is 9.97 Å². The van der Waals surface area contributed by atoms with Gasteiger partial charge in [-0.3, -0.25) is 9.48 Å². The van der Waals surface area contributed by atoms with Crippen LogP contribution >= 0.6 is 0 Å². The summed E-state index contributed by atoms with van der Waals surface area (Å²) in [6.45, 7) is 4.26. The minimum atomic E-state index is -0.0161. The molecular formula is C16H19N7O. The lowest BCUT2D eigenvalue weighted by molar-refractivity contribution is -0.120. The van der Waals surface area contributed by atoms with Gasteiger partial charge in [0.25, 0.3) is 0 Å². The quantitative estimate of drug-likeness (QED) is 0.912. The maximum absolute atomic E-state index is 12.4. The molecule has 0 spiro atoms. The molecule has 0 unspecified atom stereocenters. The number of hydrogen-bond acceptors (Lipinski definition) is 6. The predicted octanol–water partition coefficient (Wildman–Crippen LogP) is 1.42. The first-order valence-corrected chi connectivity index (χ1v) is 8.00. The highest BCUT2D eigenvalue weighted by Crippen LogP contribution is 2.22. The highest BCUT2D eigenvalue weighted by Gasteiger charge is 2.26. The first kappa shape index (κ1) is 15.9. The molecule has 0 saturated carbocycles. The summed E-state index contributed by atoms with van der Waals surface area (Å²) in [5.74, 6) is 0.769. The molecule has 3 heterocycles. The molecule has 1 aliphatic heterocycles. The molecule has 0 aromatic carbocycles. The minimum Gasteiger partial charge on any atom is -0.355 e. The number of rotatable bonds is 4. The van der Waals surface area contributed by atoms with Crippen molar-refractivity contribution in [3.63, 3.8) is 0 Å². The van der Waals surface area contributed by atoms with E-state index in [0.717, 1.165) is 44.0 Å². The topological polar surface area (TPSA) is 99.7 Å². The van der Waals surface area contributed by atoms with E-state index in [1.807, 2.05) is 19.2 Å². The van der Waals surface area contributed by atoms with Crippen LogP contribution in [0.15, 0.2) is 24.8 Å². The zero-order valence-electron chi connectivity index (χ0n) is 13.5. The Hall–Kier alpha value is -2.95. The second kappa shape index (κ2) is 7.08. The van der Waals surface area contributed by atoms with Gasteiger partial charge in [0.15, 0.2) is 5.69 Å². The summed E-state index contributed by atoms with van der Waals surface area (Å²) in [7, 11) is 0. The molecule has 2 aromatic rings. The van der Waals surface area contributed by atoms with Crippen molar-refractivity contribution < 1.29 is 4.79 Å². The maximum atomic E-state index is 12.4. The molecule has 8 heteroatoms. The maximum Gasteiger partial charge on any atom is 0.227 e. The van der Waals surface area contributed by atoms with Crippen molar-refractivity contribution in [1.82, 2.24) is 19.7 Å². The number of aryl methyl sites for hydroxylation is 1. The first-order valence-electron chi connectivity index (χ1n) is 8.00. The Balaban J connectivity index is 1.54. The van der Waals surface area contributed by atoms with Gasteiger partial charge in [-0.2, -0.15) is 10.4 Å². The van der Waals surface area contributed by atoms with E-state index < -0.39 is 0 Å². The molecule has 24 heavy (non-hydrogen) atoms. The third kappa shape index (κ3) is 3.51. The fourth-order valence-corrected chi connectivity index (χ4v) is 2.76. The van der Waals surface area contributed by atoms with Gasteiger partial charge in [0, 0.05) is 31.7 Å². The molecular weight excluding hydrogens is 306 g/mol. The van der Waals surface area contributed by atoms with Crippen LogP contribution < -0.4 is 10.2 Å². The summed E-state index contributed by atoms with van der Waals surface area (Å²) in [4.78, 5) is 22.7. The number of carbonyl (C=O) groups is 1. The van der Waals surface area contributed by atoms with E-state index in [4.69, 9.17) is 5.26 Å². The molecule has 1 fully saturated rings. The molecule has 1 aliphatic rings. The van der Waals surface area contributed by atoms with Crippen molar-refractivity contribution in [2.24, 2.45) is 5.92 Å². The summed E-state index contributed by atoms with van der Waals surface area (Å²) in [5, 5.41) is 15.8. The number of nitrogens with one attached hydrogen (secondary N) is 1. The third-order valence-corrected chi connectivity index (χ3v) is 4.17. The highest BCUT2D eigenvalue weighted by molar-refractivity contribution is 5.92. The lowest BCUT2D eigenvalue weighted by atomic mass is 9.96. The molecule has 124 valence electrons. The van der Waals surface area contributed by atoms with Crippen molar-refractivity contribution in [2.45, 2.75) is 26.3 Å². The summed E-state index contributed by atoms with van der Waals surface area (Å²) < 4.78 is 1.78. The van der Waals surface area contributed by atoms with E-state index in [1.54, 1.807) is 17.1 Å². The zero-order chi connectivity index (χ0) is 16.9. The fraction of sp³-hybridized carbons (Fsp3) is 0.438. The van der Waals surface area contributed by atoms with Crippen LogP contribution in [0, 0.1) is 17.2 Å². The van der Waals surface area contributed by atoms with Crippen molar-refractivity contribution >= 4 is 17.4 Å². The van der Waals surface area contributed by atoms with Gasteiger partial charge < -0.3 is 10.2 Å². The fourth-order valence-electron chi connectivity index (χ4n) is 2.76. The first-order chi connectivity index (χ1) is 11.7. The number of nitriles is 1. The molecule has 3 rings (SSSR count). The van der Waals surface area contributed by atoms with Crippen LogP contribution in [-0.2, 0) is 11.3 Å². The second-order valence-corrected chi connectivity index (χ2v) is 5.71. The van der Waals surface area contributed by atoms with Crippen LogP contribution in [0.5, 0.6) is 0 Å². The molecule has 0 aliphatic carbocycles. The number of carbonyl (C=O) groups excluding carboxylic acids is 1. The largest absolute Gasteiger partial charge is 0.355 e. The summed E-state index contributed by atoms with van der Waals surface area (Å²) in [6, 6.07) is 1.96. The van der Waals surface area contributed by atoms with Gasteiger partial charge in [-0.05, 0) is 19.8 Å². The van der Waals surface area contributed by atoms with E-state index in [1.165, 1.54) is 6.20 Å². The van der Waals surface area contributed by atoms with Gasteiger partial charge in [0.05, 0.1) is 24.3 Å². The van der Waals surface area contributed by atoms with E-state index in [0.29, 0.717) is 5.69 Å². The van der Waals surface area contributed by atoms with E-state index in [2.05, 4.69) is 25.3 Å². The van der Waals surface area contributed by atoms with Crippen molar-refractivity contribution in [1.29, 1.82) is 5.26 Å². The number of anilines is 2. The van der Waals surface area contributed by atoms with Crippen molar-refractivity contribution in [3.05, 3.63) is 30.5 Å². The minimum absolute atomic E-state index is 0.0161. The highest BCUT2D eigenvalue weighted by atomic mass is 16.1. The van der Waals surface area contributed by atoms with Crippen LogP contribution in [0.3, 0.4) is 0 Å². The number of hydrogen-bond donors (Lipinski definition) is 1. The van der Waals surface area contributed by atoms with Crippen LogP contribution in [-0.4, -0.2) is 38.7 Å². The van der Waals surface area contributed by atoms with Crippen LogP contribution in [0.1, 0.15) is 25.5 Å². The van der Waals surface area contributed by atoms with Crippen molar-refractivity contribution in [3.8, 4) is 6.07 Å². The Morgan fingerprint density at radius 3 is 2.71 bits per heavy atom. The van der Waals surface area contributed by atoms with Gasteiger partial charge in [0.2, 0.25) is 5.91 Å². The van der Waals surface area contributed by atoms with Crippen LogP contribution in [0.2, 0.25) is 0 Å². The second-order valence-electron chi connectivity index (χ2n) is 5.71. The van der Waals surface area contributed by atoms with E-state index in [9.17, 15) is 4.79 Å².